The first-order valence-corrected chi connectivity index (χ1v) is 9.59. The summed E-state index contributed by atoms with van der Waals surface area (Å²) in [4.78, 5) is 12.0. The molecule has 27 heavy (non-hydrogen) atoms. The number of halogens is 5. The lowest BCUT2D eigenvalue weighted by molar-refractivity contribution is -0.137. The van der Waals surface area contributed by atoms with E-state index in [4.69, 9.17) is 23.2 Å². The molecule has 0 unspecified atom stereocenters. The zero-order valence-corrected chi connectivity index (χ0v) is 16.0. The van der Waals surface area contributed by atoms with Crippen LogP contribution >= 0.6 is 23.2 Å². The van der Waals surface area contributed by atoms with Crippen LogP contribution in [-0.2, 0) is 21.0 Å². The van der Waals surface area contributed by atoms with E-state index in [2.05, 4.69) is 10.0 Å². The maximum absolute atomic E-state index is 13.1. The van der Waals surface area contributed by atoms with E-state index in [-0.39, 0.29) is 9.92 Å². The van der Waals surface area contributed by atoms with Gasteiger partial charge < -0.3 is 5.32 Å². The summed E-state index contributed by atoms with van der Waals surface area (Å²) in [5.74, 6) is -0.972. The van der Waals surface area contributed by atoms with Gasteiger partial charge in [-0.1, -0.05) is 23.2 Å². The molecular formula is C16H13Cl2F3N2O3S. The van der Waals surface area contributed by atoms with Crippen LogP contribution in [0.1, 0.15) is 12.5 Å². The number of carbonyl (C=O) groups is 1. The van der Waals surface area contributed by atoms with Crippen molar-refractivity contribution >= 4 is 44.8 Å². The quantitative estimate of drug-likeness (QED) is 0.726. The van der Waals surface area contributed by atoms with Gasteiger partial charge in [0.1, 0.15) is 0 Å². The molecule has 1 amide bonds. The zero-order chi connectivity index (χ0) is 20.4. The van der Waals surface area contributed by atoms with Gasteiger partial charge in [0.15, 0.2) is 0 Å². The van der Waals surface area contributed by atoms with Crippen molar-refractivity contribution in [3.63, 3.8) is 0 Å². The Labute approximate surface area is 163 Å². The second kappa shape index (κ2) is 8.05. The molecule has 0 saturated carbocycles. The minimum absolute atomic E-state index is 0.144. The Morgan fingerprint density at radius 2 is 1.59 bits per heavy atom. The molecule has 0 aliphatic heterocycles. The lowest BCUT2D eigenvalue weighted by Gasteiger charge is -2.17. The van der Waals surface area contributed by atoms with Gasteiger partial charge in [-0.05, 0) is 49.4 Å². The van der Waals surface area contributed by atoms with Crippen molar-refractivity contribution in [1.82, 2.24) is 4.72 Å². The third kappa shape index (κ3) is 5.58. The molecule has 2 aromatic carbocycles. The van der Waals surface area contributed by atoms with E-state index in [1.165, 1.54) is 37.3 Å². The number of sulfonamides is 1. The number of anilines is 1. The largest absolute Gasteiger partial charge is 0.418 e. The summed E-state index contributed by atoms with van der Waals surface area (Å²) in [7, 11) is -4.07. The third-order valence-corrected chi connectivity index (χ3v) is 5.44. The molecule has 2 N–H and O–H groups in total. The van der Waals surface area contributed by atoms with Crippen LogP contribution in [0.4, 0.5) is 18.9 Å². The highest BCUT2D eigenvalue weighted by Crippen LogP contribution is 2.36. The highest BCUT2D eigenvalue weighted by Gasteiger charge is 2.34. The van der Waals surface area contributed by atoms with Crippen molar-refractivity contribution in [3.05, 3.63) is 58.1 Å². The van der Waals surface area contributed by atoms with Crippen molar-refractivity contribution in [1.29, 1.82) is 0 Å². The van der Waals surface area contributed by atoms with E-state index in [9.17, 15) is 26.4 Å². The van der Waals surface area contributed by atoms with Gasteiger partial charge in [0.25, 0.3) is 0 Å². The molecule has 0 aliphatic carbocycles. The van der Waals surface area contributed by atoms with Crippen molar-refractivity contribution < 1.29 is 26.4 Å². The molecule has 146 valence electrons. The van der Waals surface area contributed by atoms with Gasteiger partial charge in [0, 0.05) is 10.0 Å². The van der Waals surface area contributed by atoms with Crippen LogP contribution in [-0.4, -0.2) is 20.4 Å². The molecular weight excluding hydrogens is 428 g/mol. The number of alkyl halides is 3. The van der Waals surface area contributed by atoms with Crippen LogP contribution in [0.2, 0.25) is 10.0 Å². The van der Waals surface area contributed by atoms with Gasteiger partial charge >= 0.3 is 6.18 Å². The normalized spacial score (nSPS) is 13.3. The minimum Gasteiger partial charge on any atom is -0.324 e. The van der Waals surface area contributed by atoms with Gasteiger partial charge in [0.05, 0.1) is 22.2 Å². The predicted octanol–water partition coefficient (Wildman–Crippen LogP) is 4.32. The summed E-state index contributed by atoms with van der Waals surface area (Å²) in [5.41, 5.74) is -1.68. The molecule has 1 atom stereocenters. The highest BCUT2D eigenvalue weighted by molar-refractivity contribution is 7.89. The van der Waals surface area contributed by atoms with Gasteiger partial charge in [-0.25, -0.2) is 8.42 Å². The first-order chi connectivity index (χ1) is 12.4. The SMILES string of the molecule is C[C@@H](NS(=O)(=O)c1ccc(Cl)cc1)C(=O)Nc1ccc(Cl)cc1C(F)(F)F. The molecule has 0 heterocycles. The van der Waals surface area contributed by atoms with Crippen LogP contribution in [0.5, 0.6) is 0 Å². The van der Waals surface area contributed by atoms with Crippen molar-refractivity contribution in [3.8, 4) is 0 Å². The van der Waals surface area contributed by atoms with E-state index in [0.717, 1.165) is 6.07 Å². The number of benzene rings is 2. The van der Waals surface area contributed by atoms with Crippen LogP contribution < -0.4 is 10.0 Å². The van der Waals surface area contributed by atoms with Gasteiger partial charge in [0.2, 0.25) is 15.9 Å². The molecule has 2 rings (SSSR count). The van der Waals surface area contributed by atoms with Crippen molar-refractivity contribution in [2.24, 2.45) is 0 Å². The average molecular weight is 441 g/mol. The zero-order valence-electron chi connectivity index (χ0n) is 13.6. The van der Waals surface area contributed by atoms with Gasteiger partial charge in [-0.15, -0.1) is 0 Å². The lowest BCUT2D eigenvalue weighted by atomic mass is 10.1. The van der Waals surface area contributed by atoms with Gasteiger partial charge in [-0.3, -0.25) is 4.79 Å². The van der Waals surface area contributed by atoms with E-state index in [1.807, 2.05) is 0 Å². The Balaban J connectivity index is 2.18. The molecule has 2 aromatic rings. The Kier molecular flexibility index (Phi) is 6.41. The second-order valence-corrected chi connectivity index (χ2v) is 8.06. The van der Waals surface area contributed by atoms with Crippen LogP contribution in [0.3, 0.4) is 0 Å². The molecule has 0 aliphatic rings. The third-order valence-electron chi connectivity index (χ3n) is 3.39. The number of hydrogen-bond donors (Lipinski definition) is 2. The number of nitrogens with one attached hydrogen (secondary N) is 2. The molecule has 5 nitrogen and oxygen atoms in total. The number of hydrogen-bond acceptors (Lipinski definition) is 3. The van der Waals surface area contributed by atoms with E-state index < -0.39 is 39.4 Å². The highest BCUT2D eigenvalue weighted by atomic mass is 35.5. The summed E-state index contributed by atoms with van der Waals surface area (Å²) in [6.45, 7) is 1.20. The Bertz CT molecular complexity index is 948. The number of amides is 1. The Hall–Kier alpha value is -1.81. The van der Waals surface area contributed by atoms with Gasteiger partial charge in [-0.2, -0.15) is 17.9 Å². The molecule has 0 radical (unpaired) electrons. The van der Waals surface area contributed by atoms with Crippen LogP contribution in [0.25, 0.3) is 0 Å². The Morgan fingerprint density at radius 1 is 1.04 bits per heavy atom. The fraction of sp³-hybridized carbons (Fsp3) is 0.188. The summed E-state index contributed by atoms with van der Waals surface area (Å²) in [6, 6.07) is 6.65. The lowest BCUT2D eigenvalue weighted by Crippen LogP contribution is -2.41. The number of rotatable bonds is 5. The fourth-order valence-corrected chi connectivity index (χ4v) is 3.57. The van der Waals surface area contributed by atoms with Crippen molar-refractivity contribution in [2.75, 3.05) is 5.32 Å². The Morgan fingerprint density at radius 3 is 2.15 bits per heavy atom. The van der Waals surface area contributed by atoms with E-state index >= 15 is 0 Å². The summed E-state index contributed by atoms with van der Waals surface area (Å²) in [5, 5.41) is 2.23. The average Bonchev–Trinajstić information content (AvgIpc) is 2.55. The first-order valence-electron chi connectivity index (χ1n) is 7.35. The summed E-state index contributed by atoms with van der Waals surface area (Å²) < 4.78 is 65.8. The summed E-state index contributed by atoms with van der Waals surface area (Å²) >= 11 is 11.3. The topological polar surface area (TPSA) is 75.3 Å². The van der Waals surface area contributed by atoms with Crippen LogP contribution in [0.15, 0.2) is 47.4 Å². The molecule has 11 heteroatoms. The molecule has 0 aromatic heterocycles. The van der Waals surface area contributed by atoms with E-state index in [0.29, 0.717) is 11.1 Å². The van der Waals surface area contributed by atoms with E-state index in [1.54, 1.807) is 0 Å². The van der Waals surface area contributed by atoms with Crippen LogP contribution in [0, 0.1) is 0 Å². The smallest absolute Gasteiger partial charge is 0.324 e. The fourth-order valence-electron chi connectivity index (χ4n) is 2.07. The number of carbonyl (C=O) groups excluding carboxylic acids is 1. The second-order valence-electron chi connectivity index (χ2n) is 5.47. The molecule has 0 bridgehead atoms. The monoisotopic (exact) mass is 440 g/mol. The first kappa shape index (κ1) is 21.5. The molecule has 0 fully saturated rings. The standard InChI is InChI=1S/C16H13Cl2F3N2O3S/c1-9(23-27(25,26)12-5-2-10(17)3-6-12)15(24)22-14-7-4-11(18)8-13(14)16(19,20)21/h2-9,23H,1H3,(H,22,24)/t9-/m1/s1. The predicted molar refractivity (Wildman–Crippen MR) is 96.3 cm³/mol. The molecule has 0 spiro atoms. The van der Waals surface area contributed by atoms with Crippen molar-refractivity contribution in [2.45, 2.75) is 24.0 Å². The summed E-state index contributed by atoms with van der Waals surface area (Å²) in [6.07, 6.45) is -4.75. The maximum Gasteiger partial charge on any atom is 0.418 e. The molecule has 0 saturated heterocycles. The maximum atomic E-state index is 13.1. The minimum atomic E-state index is -4.75.